The molecule has 2 nitrogen and oxygen atoms in total. The summed E-state index contributed by atoms with van der Waals surface area (Å²) >= 11 is 0. The fourth-order valence-electron chi connectivity index (χ4n) is 2.81. The summed E-state index contributed by atoms with van der Waals surface area (Å²) in [5.74, 6) is 2.03. The first-order valence-electron chi connectivity index (χ1n) is 9.26. The smallest absolute Gasteiger partial charge is 0.416 e. The Morgan fingerprint density at radius 1 is 0.862 bits per heavy atom. The number of aryl methyl sites for hydroxylation is 1. The molecule has 1 aromatic heterocycles. The fourth-order valence-corrected chi connectivity index (χ4v) is 2.81. The molecule has 0 aliphatic carbocycles. The Morgan fingerprint density at radius 3 is 2.03 bits per heavy atom. The topological polar surface area (TPSA) is 22.4 Å². The lowest BCUT2D eigenvalue weighted by atomic mass is 10.1. The van der Waals surface area contributed by atoms with Crippen molar-refractivity contribution in [2.24, 2.45) is 0 Å². The first-order valence-corrected chi connectivity index (χ1v) is 9.26. The molecule has 0 aliphatic rings. The number of alkyl halides is 3. The average Bonchev–Trinajstić information content (AvgIpc) is 3.00. The Balaban J connectivity index is 1.75. The van der Waals surface area contributed by atoms with E-state index in [0.717, 1.165) is 29.0 Å². The number of hydrogen-bond acceptors (Lipinski definition) is 2. The molecule has 0 spiro atoms. The van der Waals surface area contributed by atoms with Gasteiger partial charge in [0.05, 0.1) is 5.56 Å². The van der Waals surface area contributed by atoms with Gasteiger partial charge in [0.15, 0.2) is 0 Å². The summed E-state index contributed by atoms with van der Waals surface area (Å²) in [6.07, 6.45) is -0.472. The highest BCUT2D eigenvalue weighted by Gasteiger charge is 2.30. The maximum atomic E-state index is 12.7. The highest BCUT2D eigenvalue weighted by Crippen LogP contribution is 2.32. The summed E-state index contributed by atoms with van der Waals surface area (Å²) < 4.78 is 49.7. The normalized spacial score (nSPS) is 12.5. The van der Waals surface area contributed by atoms with Gasteiger partial charge >= 0.3 is 6.18 Å². The molecule has 3 aromatic rings. The van der Waals surface area contributed by atoms with Crippen LogP contribution in [0.2, 0.25) is 0 Å². The molecule has 0 radical (unpaired) electrons. The predicted molar refractivity (Wildman–Crippen MR) is 110 cm³/mol. The van der Waals surface area contributed by atoms with E-state index in [1.165, 1.54) is 12.1 Å². The Bertz CT molecular complexity index is 987. The zero-order valence-electron chi connectivity index (χ0n) is 16.8. The van der Waals surface area contributed by atoms with E-state index in [-0.39, 0.29) is 5.60 Å². The molecule has 0 unspecified atom stereocenters. The second-order valence-electron chi connectivity index (χ2n) is 7.81. The average molecular weight is 400 g/mol. The highest BCUT2D eigenvalue weighted by molar-refractivity contribution is 5.73. The van der Waals surface area contributed by atoms with E-state index >= 15 is 0 Å². The number of halogens is 3. The van der Waals surface area contributed by atoms with Crippen LogP contribution in [0.1, 0.15) is 43.2 Å². The predicted octanol–water partition coefficient (Wildman–Crippen LogP) is 7.62. The molecule has 0 saturated heterocycles. The van der Waals surface area contributed by atoms with Crippen LogP contribution in [-0.2, 0) is 6.18 Å². The number of benzene rings is 2. The zero-order valence-corrected chi connectivity index (χ0v) is 16.8. The Morgan fingerprint density at radius 2 is 1.48 bits per heavy atom. The Hall–Kier alpha value is -2.95. The quantitative estimate of drug-likeness (QED) is 0.449. The number of furan rings is 1. The van der Waals surface area contributed by atoms with Crippen molar-refractivity contribution in [1.29, 1.82) is 0 Å². The van der Waals surface area contributed by atoms with E-state index in [1.807, 2.05) is 70.2 Å². The fraction of sp³-hybridized carbons (Fsp3) is 0.250. The van der Waals surface area contributed by atoms with Crippen LogP contribution in [0.5, 0.6) is 5.75 Å². The van der Waals surface area contributed by atoms with Crippen molar-refractivity contribution in [3.8, 4) is 17.1 Å². The lowest BCUT2D eigenvalue weighted by molar-refractivity contribution is -0.137. The third-order valence-electron chi connectivity index (χ3n) is 4.21. The summed E-state index contributed by atoms with van der Waals surface area (Å²) in [4.78, 5) is 0. The molecule has 152 valence electrons. The summed E-state index contributed by atoms with van der Waals surface area (Å²) in [7, 11) is 0. The summed E-state index contributed by atoms with van der Waals surface area (Å²) in [5, 5.41) is 0. The highest BCUT2D eigenvalue weighted by atomic mass is 19.4. The third kappa shape index (κ3) is 5.53. The molecule has 0 bridgehead atoms. The van der Waals surface area contributed by atoms with Gasteiger partial charge in [0, 0.05) is 11.1 Å². The van der Waals surface area contributed by atoms with Gasteiger partial charge in [0.2, 0.25) is 0 Å². The third-order valence-corrected chi connectivity index (χ3v) is 4.21. The molecule has 0 saturated carbocycles. The SMILES string of the molecule is Cc1oc(-c2ccc(C(F)(F)F)cc2)cc1/C=C/c1ccc(OC(C)(C)C)cc1. The van der Waals surface area contributed by atoms with E-state index in [0.29, 0.717) is 17.1 Å². The van der Waals surface area contributed by atoms with E-state index in [1.54, 1.807) is 0 Å². The van der Waals surface area contributed by atoms with Gasteiger partial charge in [-0.3, -0.25) is 0 Å². The van der Waals surface area contributed by atoms with Crippen molar-refractivity contribution in [2.75, 3.05) is 0 Å². The van der Waals surface area contributed by atoms with Crippen molar-refractivity contribution < 1.29 is 22.3 Å². The molecule has 0 amide bonds. The van der Waals surface area contributed by atoms with Crippen molar-refractivity contribution in [2.45, 2.75) is 39.5 Å². The summed E-state index contributed by atoms with van der Waals surface area (Å²) in [5.41, 5.74) is 1.55. The van der Waals surface area contributed by atoms with Gasteiger partial charge in [0.25, 0.3) is 0 Å². The van der Waals surface area contributed by atoms with Crippen LogP contribution in [-0.4, -0.2) is 5.60 Å². The van der Waals surface area contributed by atoms with Crippen LogP contribution in [0.15, 0.2) is 59.0 Å². The van der Waals surface area contributed by atoms with Crippen LogP contribution in [0.4, 0.5) is 13.2 Å². The second kappa shape index (κ2) is 7.82. The van der Waals surface area contributed by atoms with Crippen molar-refractivity contribution in [3.05, 3.63) is 77.0 Å². The molecule has 2 aromatic carbocycles. The second-order valence-corrected chi connectivity index (χ2v) is 7.81. The van der Waals surface area contributed by atoms with Gasteiger partial charge in [0.1, 0.15) is 22.9 Å². The largest absolute Gasteiger partial charge is 0.488 e. The van der Waals surface area contributed by atoms with Gasteiger partial charge in [-0.25, -0.2) is 0 Å². The van der Waals surface area contributed by atoms with E-state index < -0.39 is 11.7 Å². The number of ether oxygens (including phenoxy) is 1. The lowest BCUT2D eigenvalue weighted by Crippen LogP contribution is -2.22. The van der Waals surface area contributed by atoms with E-state index in [2.05, 4.69) is 0 Å². The molecular weight excluding hydrogens is 377 g/mol. The van der Waals surface area contributed by atoms with Crippen LogP contribution in [0, 0.1) is 6.92 Å². The molecule has 0 fully saturated rings. The van der Waals surface area contributed by atoms with Crippen molar-refractivity contribution in [1.82, 2.24) is 0 Å². The Kier molecular flexibility index (Phi) is 5.60. The summed E-state index contributed by atoms with van der Waals surface area (Å²) in [6, 6.07) is 14.5. The van der Waals surface area contributed by atoms with Crippen molar-refractivity contribution in [3.63, 3.8) is 0 Å². The molecule has 0 atom stereocenters. The first kappa shape index (κ1) is 20.8. The van der Waals surface area contributed by atoms with Gasteiger partial charge in [-0.05, 0) is 63.6 Å². The molecule has 0 aliphatic heterocycles. The minimum Gasteiger partial charge on any atom is -0.488 e. The Labute approximate surface area is 168 Å². The lowest BCUT2D eigenvalue weighted by Gasteiger charge is -2.21. The monoisotopic (exact) mass is 400 g/mol. The van der Waals surface area contributed by atoms with Crippen LogP contribution >= 0.6 is 0 Å². The van der Waals surface area contributed by atoms with E-state index in [9.17, 15) is 13.2 Å². The first-order chi connectivity index (χ1) is 13.5. The zero-order chi connectivity index (χ0) is 21.2. The van der Waals surface area contributed by atoms with Gasteiger partial charge in [-0.15, -0.1) is 0 Å². The van der Waals surface area contributed by atoms with Gasteiger partial charge < -0.3 is 9.15 Å². The number of hydrogen-bond donors (Lipinski definition) is 0. The standard InChI is InChI=1S/C24H23F3O2/c1-16-19(8-5-17-6-13-21(14-7-17)29-23(2,3)4)15-22(28-16)18-9-11-20(12-10-18)24(25,26)27/h5-15H,1-4H3/b8-5+. The number of rotatable bonds is 4. The minimum atomic E-state index is -4.35. The summed E-state index contributed by atoms with van der Waals surface area (Å²) in [6.45, 7) is 7.82. The maximum Gasteiger partial charge on any atom is 0.416 e. The molecule has 29 heavy (non-hydrogen) atoms. The molecular formula is C24H23F3O2. The van der Waals surface area contributed by atoms with Crippen LogP contribution in [0.25, 0.3) is 23.5 Å². The van der Waals surface area contributed by atoms with E-state index in [4.69, 9.17) is 9.15 Å². The maximum absolute atomic E-state index is 12.7. The van der Waals surface area contributed by atoms with Crippen LogP contribution in [0.3, 0.4) is 0 Å². The van der Waals surface area contributed by atoms with Gasteiger partial charge in [-0.2, -0.15) is 13.2 Å². The van der Waals surface area contributed by atoms with Crippen LogP contribution < -0.4 is 4.74 Å². The molecule has 3 rings (SSSR count). The van der Waals surface area contributed by atoms with Gasteiger partial charge in [-0.1, -0.05) is 36.4 Å². The molecule has 0 N–H and O–H groups in total. The molecule has 5 heteroatoms. The minimum absolute atomic E-state index is 0.250. The van der Waals surface area contributed by atoms with Crippen molar-refractivity contribution >= 4 is 12.2 Å². The molecule has 1 heterocycles.